The number of hydrogen-bond acceptors (Lipinski definition) is 4. The summed E-state index contributed by atoms with van der Waals surface area (Å²) >= 11 is 6.40. The van der Waals surface area contributed by atoms with Gasteiger partial charge in [0, 0.05) is 37.8 Å². The highest BCUT2D eigenvalue weighted by Gasteiger charge is 2.24. The molecule has 5 nitrogen and oxygen atoms in total. The first-order chi connectivity index (χ1) is 13.1. The number of likely N-dealkylation sites (tertiary alicyclic amines) is 1. The number of ether oxygens (including phenoxy) is 2. The van der Waals surface area contributed by atoms with E-state index < -0.39 is 0 Å². The minimum Gasteiger partial charge on any atom is -0.489 e. The number of benzene rings is 1. The Balaban J connectivity index is 1.51. The lowest BCUT2D eigenvalue weighted by Crippen LogP contribution is -2.44. The normalized spacial score (nSPS) is 20.6. The van der Waals surface area contributed by atoms with E-state index in [4.69, 9.17) is 21.1 Å². The summed E-state index contributed by atoms with van der Waals surface area (Å²) in [6.45, 7) is 4.93. The van der Waals surface area contributed by atoms with Crippen LogP contribution in [0.15, 0.2) is 18.2 Å². The minimum atomic E-state index is -0.0456. The van der Waals surface area contributed by atoms with Crippen molar-refractivity contribution in [3.8, 4) is 5.75 Å². The smallest absolute Gasteiger partial charge is 0.251 e. The average molecular weight is 395 g/mol. The van der Waals surface area contributed by atoms with Crippen LogP contribution in [0, 0.1) is 0 Å². The van der Waals surface area contributed by atoms with Gasteiger partial charge in [-0.05, 0) is 50.8 Å². The third-order valence-corrected chi connectivity index (χ3v) is 5.98. The zero-order chi connectivity index (χ0) is 19.2. The van der Waals surface area contributed by atoms with E-state index >= 15 is 0 Å². The maximum Gasteiger partial charge on any atom is 0.251 e. The van der Waals surface area contributed by atoms with E-state index in [1.165, 1.54) is 12.8 Å². The predicted octanol–water partition coefficient (Wildman–Crippen LogP) is 3.89. The quantitative estimate of drug-likeness (QED) is 0.762. The van der Waals surface area contributed by atoms with Gasteiger partial charge in [0.25, 0.3) is 5.91 Å². The molecule has 1 N–H and O–H groups in total. The van der Waals surface area contributed by atoms with Gasteiger partial charge in [0.15, 0.2) is 0 Å². The molecule has 0 unspecified atom stereocenters. The van der Waals surface area contributed by atoms with Gasteiger partial charge in [0.2, 0.25) is 0 Å². The molecule has 1 aliphatic heterocycles. The van der Waals surface area contributed by atoms with Crippen molar-refractivity contribution in [2.24, 2.45) is 0 Å². The van der Waals surface area contributed by atoms with Gasteiger partial charge in [-0.3, -0.25) is 9.69 Å². The van der Waals surface area contributed by atoms with E-state index in [1.807, 2.05) is 6.07 Å². The Hall–Kier alpha value is -1.30. The molecule has 1 amide bonds. The number of halogens is 1. The van der Waals surface area contributed by atoms with Gasteiger partial charge in [0.05, 0.1) is 11.6 Å². The molecule has 2 aliphatic rings. The first kappa shape index (κ1) is 20.4. The van der Waals surface area contributed by atoms with E-state index in [-0.39, 0.29) is 12.0 Å². The highest BCUT2D eigenvalue weighted by Crippen LogP contribution is 2.29. The maximum absolute atomic E-state index is 12.4. The Morgan fingerprint density at radius 2 is 1.96 bits per heavy atom. The molecule has 27 heavy (non-hydrogen) atoms. The Morgan fingerprint density at radius 3 is 2.59 bits per heavy atom. The van der Waals surface area contributed by atoms with Crippen molar-refractivity contribution in [2.75, 3.05) is 26.8 Å². The number of rotatable bonds is 7. The highest BCUT2D eigenvalue weighted by atomic mass is 35.5. The molecule has 2 fully saturated rings. The fraction of sp³-hybridized carbons (Fsp3) is 0.667. The van der Waals surface area contributed by atoms with Crippen LogP contribution < -0.4 is 10.1 Å². The number of nitrogens with zero attached hydrogens (tertiary/aromatic N) is 1. The van der Waals surface area contributed by atoms with Crippen LogP contribution in [0.4, 0.5) is 0 Å². The molecule has 0 radical (unpaired) electrons. The molecule has 1 atom stereocenters. The summed E-state index contributed by atoms with van der Waals surface area (Å²) in [7, 11) is 1.74. The van der Waals surface area contributed by atoms with Crippen LogP contribution in [0.5, 0.6) is 5.75 Å². The van der Waals surface area contributed by atoms with Crippen molar-refractivity contribution in [1.29, 1.82) is 0 Å². The van der Waals surface area contributed by atoms with E-state index in [2.05, 4.69) is 17.1 Å². The number of methoxy groups -OCH3 is 1. The summed E-state index contributed by atoms with van der Waals surface area (Å²) < 4.78 is 11.4. The van der Waals surface area contributed by atoms with Crippen LogP contribution >= 0.6 is 11.6 Å². The van der Waals surface area contributed by atoms with Crippen LogP contribution in [-0.4, -0.2) is 55.8 Å². The molecular weight excluding hydrogens is 364 g/mol. The molecule has 0 bridgehead atoms. The Kier molecular flexibility index (Phi) is 7.39. The standard InChI is InChI=1S/C21H31ClN2O3/c1-15(14-26-2)24-11-9-18(10-12-24)27-20-8-7-16(13-19(20)22)21(25)23-17-5-3-4-6-17/h7-8,13,15,17-18H,3-6,9-12,14H2,1-2H3,(H,23,25)/t15-/m0/s1. The monoisotopic (exact) mass is 394 g/mol. The predicted molar refractivity (Wildman–Crippen MR) is 108 cm³/mol. The second-order valence-corrected chi connectivity index (χ2v) is 8.16. The lowest BCUT2D eigenvalue weighted by atomic mass is 10.1. The topological polar surface area (TPSA) is 50.8 Å². The summed E-state index contributed by atoms with van der Waals surface area (Å²) in [5, 5.41) is 3.60. The van der Waals surface area contributed by atoms with Gasteiger partial charge in [-0.2, -0.15) is 0 Å². The molecule has 3 rings (SSSR count). The number of piperidine rings is 1. The number of nitrogens with one attached hydrogen (secondary N) is 1. The van der Waals surface area contributed by atoms with Gasteiger partial charge >= 0.3 is 0 Å². The SMILES string of the molecule is COC[C@H](C)N1CCC(Oc2ccc(C(=O)NC3CCCC3)cc2Cl)CC1. The molecule has 0 aromatic heterocycles. The average Bonchev–Trinajstić information content (AvgIpc) is 3.17. The number of hydrogen-bond donors (Lipinski definition) is 1. The van der Waals surface area contributed by atoms with E-state index in [0.29, 0.717) is 28.4 Å². The number of carbonyl (C=O) groups is 1. The number of carbonyl (C=O) groups excluding carboxylic acids is 1. The molecule has 1 aromatic rings. The molecular formula is C21H31ClN2O3. The second kappa shape index (κ2) is 9.76. The third-order valence-electron chi connectivity index (χ3n) is 5.69. The lowest BCUT2D eigenvalue weighted by molar-refractivity contribution is 0.0475. The summed E-state index contributed by atoms with van der Waals surface area (Å²) in [4.78, 5) is 14.8. The van der Waals surface area contributed by atoms with E-state index in [9.17, 15) is 4.79 Å². The Bertz CT molecular complexity index is 626. The minimum absolute atomic E-state index is 0.0456. The summed E-state index contributed by atoms with van der Waals surface area (Å²) in [6, 6.07) is 6.08. The second-order valence-electron chi connectivity index (χ2n) is 7.76. The largest absolute Gasteiger partial charge is 0.489 e. The molecule has 1 heterocycles. The Labute approximate surface area is 167 Å². The summed E-state index contributed by atoms with van der Waals surface area (Å²) in [5.74, 6) is 0.619. The van der Waals surface area contributed by atoms with Crippen LogP contribution in [-0.2, 0) is 4.74 Å². The van der Waals surface area contributed by atoms with Crippen LogP contribution in [0.1, 0.15) is 55.8 Å². The van der Waals surface area contributed by atoms with Crippen molar-refractivity contribution in [3.63, 3.8) is 0 Å². The third kappa shape index (κ3) is 5.59. The van der Waals surface area contributed by atoms with E-state index in [1.54, 1.807) is 19.2 Å². The fourth-order valence-corrected chi connectivity index (χ4v) is 4.26. The Morgan fingerprint density at radius 1 is 1.26 bits per heavy atom. The van der Waals surface area contributed by atoms with Crippen LogP contribution in [0.3, 0.4) is 0 Å². The molecule has 150 valence electrons. The maximum atomic E-state index is 12.4. The fourth-order valence-electron chi connectivity index (χ4n) is 4.04. The van der Waals surface area contributed by atoms with Gasteiger partial charge in [-0.1, -0.05) is 24.4 Å². The molecule has 1 aliphatic carbocycles. The molecule has 1 aromatic carbocycles. The zero-order valence-corrected chi connectivity index (χ0v) is 17.1. The van der Waals surface area contributed by atoms with Crippen molar-refractivity contribution >= 4 is 17.5 Å². The highest BCUT2D eigenvalue weighted by molar-refractivity contribution is 6.32. The summed E-state index contributed by atoms with van der Waals surface area (Å²) in [5.41, 5.74) is 0.599. The summed E-state index contributed by atoms with van der Waals surface area (Å²) in [6.07, 6.45) is 6.63. The van der Waals surface area contributed by atoms with Crippen LogP contribution in [0.2, 0.25) is 5.02 Å². The molecule has 1 saturated carbocycles. The first-order valence-corrected chi connectivity index (χ1v) is 10.4. The van der Waals surface area contributed by atoms with E-state index in [0.717, 1.165) is 45.4 Å². The van der Waals surface area contributed by atoms with Crippen molar-refractivity contribution in [2.45, 2.75) is 63.6 Å². The van der Waals surface area contributed by atoms with Crippen molar-refractivity contribution in [1.82, 2.24) is 10.2 Å². The number of amides is 1. The van der Waals surface area contributed by atoms with Crippen molar-refractivity contribution in [3.05, 3.63) is 28.8 Å². The zero-order valence-electron chi connectivity index (χ0n) is 16.4. The van der Waals surface area contributed by atoms with Crippen LogP contribution in [0.25, 0.3) is 0 Å². The van der Waals surface area contributed by atoms with Crippen molar-refractivity contribution < 1.29 is 14.3 Å². The first-order valence-electron chi connectivity index (χ1n) is 10.1. The van der Waals surface area contributed by atoms with Gasteiger partial charge < -0.3 is 14.8 Å². The molecule has 6 heteroatoms. The molecule has 0 spiro atoms. The molecule has 1 saturated heterocycles. The lowest BCUT2D eigenvalue weighted by Gasteiger charge is -2.35. The van der Waals surface area contributed by atoms with Gasteiger partial charge in [0.1, 0.15) is 11.9 Å². The van der Waals surface area contributed by atoms with Gasteiger partial charge in [-0.15, -0.1) is 0 Å². The van der Waals surface area contributed by atoms with Gasteiger partial charge in [-0.25, -0.2) is 0 Å².